The molecular weight excluding hydrogens is 478 g/mol. The Bertz CT molecular complexity index is 1170. The van der Waals surface area contributed by atoms with E-state index < -0.39 is 24.0 Å². The lowest BCUT2D eigenvalue weighted by Crippen LogP contribution is -2.55. The number of anilines is 3. The molecule has 1 unspecified atom stereocenters. The SMILES string of the molecule is N=C(N)c1ccc(NC(=O)C(O)[C@H]2OCCN(c3cccc(N4CCOCC4=O)c3)C2=O)cc1Cl. The fourth-order valence-electron chi connectivity index (χ4n) is 3.87. The van der Waals surface area contributed by atoms with Crippen molar-refractivity contribution in [3.63, 3.8) is 0 Å². The molecule has 11 nitrogen and oxygen atoms in total. The Morgan fingerprint density at radius 2 is 1.86 bits per heavy atom. The maximum absolute atomic E-state index is 13.2. The van der Waals surface area contributed by atoms with Gasteiger partial charge in [0.25, 0.3) is 17.7 Å². The number of amides is 3. The molecule has 2 saturated heterocycles. The number of aliphatic hydroxyl groups excluding tert-OH is 1. The van der Waals surface area contributed by atoms with Gasteiger partial charge in [0.2, 0.25) is 0 Å². The van der Waals surface area contributed by atoms with Crippen LogP contribution in [0.15, 0.2) is 42.5 Å². The predicted octanol–water partition coefficient (Wildman–Crippen LogP) is 0.719. The molecule has 2 aliphatic heterocycles. The van der Waals surface area contributed by atoms with Crippen LogP contribution in [0, 0.1) is 5.41 Å². The van der Waals surface area contributed by atoms with E-state index in [2.05, 4.69) is 5.32 Å². The molecule has 0 radical (unpaired) electrons. The smallest absolute Gasteiger partial charge is 0.259 e. The minimum absolute atomic E-state index is 0.00716. The number of nitrogens with one attached hydrogen (secondary N) is 2. The highest BCUT2D eigenvalue weighted by Gasteiger charge is 2.39. The van der Waals surface area contributed by atoms with Crippen LogP contribution < -0.4 is 20.9 Å². The van der Waals surface area contributed by atoms with Crippen LogP contribution in [0.25, 0.3) is 0 Å². The first-order chi connectivity index (χ1) is 16.8. The summed E-state index contributed by atoms with van der Waals surface area (Å²) in [4.78, 5) is 41.0. The maximum atomic E-state index is 13.2. The van der Waals surface area contributed by atoms with E-state index >= 15 is 0 Å². The summed E-state index contributed by atoms with van der Waals surface area (Å²) in [5, 5.41) is 20.7. The number of carbonyl (C=O) groups is 3. The third kappa shape index (κ3) is 5.28. The van der Waals surface area contributed by atoms with E-state index in [9.17, 15) is 19.5 Å². The van der Waals surface area contributed by atoms with Gasteiger partial charge in [0.15, 0.2) is 12.2 Å². The van der Waals surface area contributed by atoms with E-state index in [4.69, 9.17) is 32.2 Å². The fourth-order valence-corrected chi connectivity index (χ4v) is 4.16. The van der Waals surface area contributed by atoms with Crippen molar-refractivity contribution < 1.29 is 29.0 Å². The zero-order valence-electron chi connectivity index (χ0n) is 18.6. The summed E-state index contributed by atoms with van der Waals surface area (Å²) in [6, 6.07) is 11.2. The van der Waals surface area contributed by atoms with Gasteiger partial charge in [-0.1, -0.05) is 17.7 Å². The Kier molecular flexibility index (Phi) is 7.31. The Balaban J connectivity index is 1.47. The summed E-state index contributed by atoms with van der Waals surface area (Å²) in [7, 11) is 0. The summed E-state index contributed by atoms with van der Waals surface area (Å²) in [6.45, 7) is 1.12. The molecule has 0 aliphatic carbocycles. The third-order valence-electron chi connectivity index (χ3n) is 5.64. The molecule has 4 rings (SSSR count). The number of ether oxygens (including phenoxy) is 2. The Morgan fingerprint density at radius 1 is 1.14 bits per heavy atom. The van der Waals surface area contributed by atoms with Gasteiger partial charge in [0, 0.05) is 35.7 Å². The molecule has 0 spiro atoms. The molecule has 5 N–H and O–H groups in total. The van der Waals surface area contributed by atoms with Gasteiger partial charge in [-0.15, -0.1) is 0 Å². The molecule has 2 fully saturated rings. The van der Waals surface area contributed by atoms with Gasteiger partial charge in [-0.05, 0) is 36.4 Å². The number of nitrogen functional groups attached to an aromatic ring is 1. The Hall–Kier alpha value is -3.51. The molecule has 2 atom stereocenters. The molecule has 184 valence electrons. The number of nitrogens with two attached hydrogens (primary N) is 1. The van der Waals surface area contributed by atoms with Crippen molar-refractivity contribution in [3.8, 4) is 0 Å². The molecule has 2 aliphatic rings. The lowest BCUT2D eigenvalue weighted by molar-refractivity contribution is -0.150. The van der Waals surface area contributed by atoms with E-state index in [0.29, 0.717) is 30.1 Å². The van der Waals surface area contributed by atoms with Crippen LogP contribution in [0.4, 0.5) is 17.1 Å². The number of amidine groups is 1. The second-order valence-electron chi connectivity index (χ2n) is 7.94. The van der Waals surface area contributed by atoms with Crippen LogP contribution in [0.1, 0.15) is 5.56 Å². The van der Waals surface area contributed by atoms with Crippen LogP contribution in [0.2, 0.25) is 5.02 Å². The highest BCUT2D eigenvalue weighted by atomic mass is 35.5. The first-order valence-corrected chi connectivity index (χ1v) is 11.2. The topological polar surface area (TPSA) is 158 Å². The van der Waals surface area contributed by atoms with Crippen molar-refractivity contribution >= 4 is 52.2 Å². The molecular formula is C23H24ClN5O6. The van der Waals surface area contributed by atoms with Gasteiger partial charge < -0.3 is 35.4 Å². The quantitative estimate of drug-likeness (QED) is 0.335. The highest BCUT2D eigenvalue weighted by molar-refractivity contribution is 6.34. The van der Waals surface area contributed by atoms with E-state index in [1.807, 2.05) is 0 Å². The van der Waals surface area contributed by atoms with E-state index in [0.717, 1.165) is 0 Å². The lowest BCUT2D eigenvalue weighted by Gasteiger charge is -2.35. The summed E-state index contributed by atoms with van der Waals surface area (Å²) in [5.74, 6) is -1.85. The Labute approximate surface area is 205 Å². The normalized spacial score (nSPS) is 19.4. The minimum atomic E-state index is -1.79. The summed E-state index contributed by atoms with van der Waals surface area (Å²) in [5.41, 5.74) is 7.12. The van der Waals surface area contributed by atoms with Gasteiger partial charge >= 0.3 is 0 Å². The van der Waals surface area contributed by atoms with Crippen LogP contribution in [0.5, 0.6) is 0 Å². The first-order valence-electron chi connectivity index (χ1n) is 10.8. The molecule has 2 heterocycles. The molecule has 0 bridgehead atoms. The number of benzene rings is 2. The maximum Gasteiger partial charge on any atom is 0.259 e. The monoisotopic (exact) mass is 501 g/mol. The van der Waals surface area contributed by atoms with Crippen molar-refractivity contribution in [1.82, 2.24) is 0 Å². The molecule has 0 saturated carbocycles. The summed E-state index contributed by atoms with van der Waals surface area (Å²) in [6.07, 6.45) is -3.22. The molecule has 3 amide bonds. The Morgan fingerprint density at radius 3 is 2.54 bits per heavy atom. The molecule has 2 aromatic rings. The van der Waals surface area contributed by atoms with Crippen LogP contribution >= 0.6 is 11.6 Å². The number of aliphatic hydroxyl groups is 1. The van der Waals surface area contributed by atoms with Gasteiger partial charge in [-0.2, -0.15) is 0 Å². The van der Waals surface area contributed by atoms with Crippen LogP contribution in [-0.4, -0.2) is 73.8 Å². The number of nitrogens with zero attached hydrogens (tertiary/aromatic N) is 2. The average molecular weight is 502 g/mol. The minimum Gasteiger partial charge on any atom is -0.384 e. The van der Waals surface area contributed by atoms with Crippen molar-refractivity contribution in [3.05, 3.63) is 53.1 Å². The number of carbonyl (C=O) groups excluding carboxylic acids is 3. The highest BCUT2D eigenvalue weighted by Crippen LogP contribution is 2.27. The second-order valence-corrected chi connectivity index (χ2v) is 8.35. The van der Waals surface area contributed by atoms with Crippen LogP contribution in [0.3, 0.4) is 0 Å². The van der Waals surface area contributed by atoms with Crippen LogP contribution in [-0.2, 0) is 23.9 Å². The lowest BCUT2D eigenvalue weighted by atomic mass is 10.1. The van der Waals surface area contributed by atoms with Crippen molar-refractivity contribution in [2.45, 2.75) is 12.2 Å². The predicted molar refractivity (Wildman–Crippen MR) is 129 cm³/mol. The van der Waals surface area contributed by atoms with Gasteiger partial charge in [-0.3, -0.25) is 19.8 Å². The third-order valence-corrected chi connectivity index (χ3v) is 5.96. The number of morpholine rings is 2. The van der Waals surface area contributed by atoms with Gasteiger partial charge in [0.1, 0.15) is 12.4 Å². The zero-order valence-corrected chi connectivity index (χ0v) is 19.3. The second kappa shape index (κ2) is 10.4. The number of hydrogen-bond donors (Lipinski definition) is 4. The van der Waals surface area contributed by atoms with Gasteiger partial charge in [-0.25, -0.2) is 0 Å². The molecule has 35 heavy (non-hydrogen) atoms. The zero-order chi connectivity index (χ0) is 25.1. The van der Waals surface area contributed by atoms with Gasteiger partial charge in [0.05, 0.1) is 18.2 Å². The van der Waals surface area contributed by atoms with Crippen molar-refractivity contribution in [2.75, 3.05) is 48.0 Å². The number of halogens is 1. The summed E-state index contributed by atoms with van der Waals surface area (Å²) >= 11 is 6.07. The largest absolute Gasteiger partial charge is 0.384 e. The average Bonchev–Trinajstić information content (AvgIpc) is 2.84. The first kappa shape index (κ1) is 24.6. The summed E-state index contributed by atoms with van der Waals surface area (Å²) < 4.78 is 10.6. The van der Waals surface area contributed by atoms with Crippen molar-refractivity contribution in [2.24, 2.45) is 5.73 Å². The molecule has 2 aromatic carbocycles. The number of hydrogen-bond acceptors (Lipinski definition) is 7. The van der Waals surface area contributed by atoms with E-state index in [1.54, 1.807) is 29.2 Å². The number of rotatable bonds is 6. The van der Waals surface area contributed by atoms with E-state index in [1.165, 1.54) is 23.1 Å². The fraction of sp³-hybridized carbons (Fsp3) is 0.304. The van der Waals surface area contributed by atoms with E-state index in [-0.39, 0.29) is 42.2 Å². The van der Waals surface area contributed by atoms with Crippen molar-refractivity contribution in [1.29, 1.82) is 5.41 Å². The molecule has 12 heteroatoms. The standard InChI is InChI=1S/C23H24ClN5O6/c24-17-10-13(4-5-16(17)21(25)26)27-22(32)19(31)20-23(33)29(7-9-35-20)15-3-1-2-14(11-15)28-6-8-34-12-18(28)30/h1-5,10-11,19-20,31H,6-9,12H2,(H3,25,26)(H,27,32)/t19?,20-/m1/s1. The molecule has 0 aromatic heterocycles.